The van der Waals surface area contributed by atoms with Crippen LogP contribution in [0.4, 0.5) is 0 Å². The van der Waals surface area contributed by atoms with Gasteiger partial charge in [0.25, 0.3) is 0 Å². The van der Waals surface area contributed by atoms with E-state index in [-0.39, 0.29) is 0 Å². The average Bonchev–Trinajstić information content (AvgIpc) is 2.26. The number of aliphatic hydroxyl groups is 1. The predicted molar refractivity (Wildman–Crippen MR) is 61.9 cm³/mol. The first kappa shape index (κ1) is 11.2. The van der Waals surface area contributed by atoms with Gasteiger partial charge in [-0.15, -0.1) is 0 Å². The molecule has 1 aliphatic rings. The topological polar surface area (TPSA) is 44.3 Å². The number of hydrogen-bond acceptors (Lipinski definition) is 3. The van der Waals surface area contributed by atoms with E-state index in [1.807, 2.05) is 6.20 Å². The van der Waals surface area contributed by atoms with Crippen LogP contribution in [0.15, 0.2) is 35.6 Å². The molecular formula is C10H15BrN2O. The Morgan fingerprint density at radius 1 is 1.50 bits per heavy atom. The molecule has 0 saturated heterocycles. The van der Waals surface area contributed by atoms with Crippen molar-refractivity contribution in [2.45, 2.75) is 19.8 Å². The molecule has 0 fully saturated rings. The molecule has 1 aliphatic heterocycles. The molecule has 0 unspecified atom stereocenters. The summed E-state index contributed by atoms with van der Waals surface area (Å²) in [6.07, 6.45) is 7.14. The molecule has 14 heavy (non-hydrogen) atoms. The molecule has 78 valence electrons. The van der Waals surface area contributed by atoms with Crippen LogP contribution in [-0.2, 0) is 0 Å². The molecule has 3 N–H and O–H groups in total. The fraction of sp³-hybridized carbons (Fsp3) is 0.400. The van der Waals surface area contributed by atoms with Gasteiger partial charge >= 0.3 is 0 Å². The van der Waals surface area contributed by atoms with Gasteiger partial charge in [-0.05, 0) is 6.42 Å². The lowest BCUT2D eigenvalue weighted by Crippen LogP contribution is -2.28. The lowest BCUT2D eigenvalue weighted by atomic mass is 10.2. The molecule has 0 amide bonds. The molecule has 3 nitrogen and oxygen atoms in total. The molecule has 0 aromatic heterocycles. The van der Waals surface area contributed by atoms with Crippen LogP contribution in [-0.4, -0.2) is 10.4 Å². The van der Waals surface area contributed by atoms with E-state index in [2.05, 4.69) is 39.6 Å². The van der Waals surface area contributed by atoms with Gasteiger partial charge in [0.2, 0.25) is 0 Å². The number of halogens is 1. The summed E-state index contributed by atoms with van der Waals surface area (Å²) in [6, 6.07) is 0. The Labute approximate surface area is 92.7 Å². The molecule has 0 spiro atoms. The third-order valence-electron chi connectivity index (χ3n) is 1.90. The number of nitrogens with one attached hydrogen (secondary N) is 2. The fourth-order valence-electron chi connectivity index (χ4n) is 1.15. The first-order valence-electron chi connectivity index (χ1n) is 4.65. The molecular weight excluding hydrogens is 244 g/mol. The normalized spacial score (nSPS) is 21.7. The highest BCUT2D eigenvalue weighted by molar-refractivity contribution is 9.09. The van der Waals surface area contributed by atoms with Crippen LogP contribution in [0.1, 0.15) is 19.8 Å². The van der Waals surface area contributed by atoms with E-state index in [0.717, 1.165) is 41.5 Å². The van der Waals surface area contributed by atoms with E-state index in [9.17, 15) is 0 Å². The number of aliphatic hydroxyl groups excluding tert-OH is 1. The van der Waals surface area contributed by atoms with Crippen LogP contribution in [0.25, 0.3) is 0 Å². The predicted octanol–water partition coefficient (Wildman–Crippen LogP) is 2.50. The van der Waals surface area contributed by atoms with E-state index < -0.39 is 0 Å². The van der Waals surface area contributed by atoms with E-state index in [1.165, 1.54) is 0 Å². The second kappa shape index (κ2) is 5.75. The first-order chi connectivity index (χ1) is 6.81. The standard InChI is InChI=1S/C10H15BrN2O/c1-2-3-4-9-10(7-14)13-8(5-11)6-12-9/h4,6-7,12-14H,2-3,5H2,1H3/b9-4-,10-7-. The van der Waals surface area contributed by atoms with Crippen LogP contribution >= 0.6 is 15.9 Å². The Bertz CT molecular complexity index is 282. The van der Waals surface area contributed by atoms with Gasteiger partial charge in [-0.25, -0.2) is 0 Å². The molecule has 0 bridgehead atoms. The molecule has 0 aromatic rings. The number of hydrogen-bond donors (Lipinski definition) is 3. The molecule has 0 aliphatic carbocycles. The number of unbranched alkanes of at least 4 members (excludes halogenated alkanes) is 1. The number of allylic oxidation sites excluding steroid dienone is 2. The molecule has 0 aromatic carbocycles. The van der Waals surface area contributed by atoms with Gasteiger partial charge in [-0.3, -0.25) is 0 Å². The van der Waals surface area contributed by atoms with Gasteiger partial charge < -0.3 is 15.7 Å². The summed E-state index contributed by atoms with van der Waals surface area (Å²) in [6.45, 7) is 2.12. The van der Waals surface area contributed by atoms with Gasteiger partial charge in [-0.1, -0.05) is 35.4 Å². The van der Waals surface area contributed by atoms with Gasteiger partial charge in [0.15, 0.2) is 0 Å². The fourth-order valence-corrected chi connectivity index (χ4v) is 1.45. The minimum Gasteiger partial charge on any atom is -0.513 e. The summed E-state index contributed by atoms with van der Waals surface area (Å²) in [5.41, 5.74) is 2.65. The summed E-state index contributed by atoms with van der Waals surface area (Å²) in [5, 5.41) is 16.0. The smallest absolute Gasteiger partial charge is 0.105 e. The monoisotopic (exact) mass is 258 g/mol. The Morgan fingerprint density at radius 3 is 2.86 bits per heavy atom. The molecule has 1 heterocycles. The van der Waals surface area contributed by atoms with E-state index >= 15 is 0 Å². The van der Waals surface area contributed by atoms with Crippen LogP contribution in [0.2, 0.25) is 0 Å². The summed E-state index contributed by atoms with van der Waals surface area (Å²) in [5.74, 6) is 0. The summed E-state index contributed by atoms with van der Waals surface area (Å²) in [4.78, 5) is 0. The van der Waals surface area contributed by atoms with E-state index in [1.54, 1.807) is 0 Å². The van der Waals surface area contributed by atoms with E-state index in [4.69, 9.17) is 5.11 Å². The third kappa shape index (κ3) is 2.80. The second-order valence-corrected chi connectivity index (χ2v) is 3.58. The minimum absolute atomic E-state index is 0.718. The van der Waals surface area contributed by atoms with Crippen LogP contribution in [0.3, 0.4) is 0 Å². The highest BCUT2D eigenvalue weighted by Crippen LogP contribution is 2.13. The lowest BCUT2D eigenvalue weighted by molar-refractivity contribution is 0.462. The van der Waals surface area contributed by atoms with Gasteiger partial charge in [0.05, 0.1) is 11.4 Å². The van der Waals surface area contributed by atoms with Crippen molar-refractivity contribution in [2.24, 2.45) is 0 Å². The van der Waals surface area contributed by atoms with Crippen molar-refractivity contribution in [1.82, 2.24) is 10.6 Å². The first-order valence-corrected chi connectivity index (χ1v) is 5.77. The van der Waals surface area contributed by atoms with Gasteiger partial charge in [0.1, 0.15) is 6.26 Å². The molecule has 1 rings (SSSR count). The average molecular weight is 259 g/mol. The minimum atomic E-state index is 0.718. The zero-order valence-corrected chi connectivity index (χ0v) is 9.76. The Balaban J connectivity index is 2.75. The lowest BCUT2D eigenvalue weighted by Gasteiger charge is -2.20. The SMILES string of the molecule is CCC/C=C1\NC=C(CBr)N\C1=C/O. The van der Waals surface area contributed by atoms with Crippen molar-refractivity contribution in [2.75, 3.05) is 5.33 Å². The van der Waals surface area contributed by atoms with Crippen molar-refractivity contribution in [1.29, 1.82) is 0 Å². The van der Waals surface area contributed by atoms with Crippen LogP contribution < -0.4 is 10.6 Å². The Hall–Kier alpha value is -0.900. The number of rotatable bonds is 3. The van der Waals surface area contributed by atoms with Crippen molar-refractivity contribution in [3.63, 3.8) is 0 Å². The molecule has 0 atom stereocenters. The van der Waals surface area contributed by atoms with Crippen LogP contribution in [0, 0.1) is 0 Å². The maximum atomic E-state index is 9.03. The Kier molecular flexibility index (Phi) is 4.59. The van der Waals surface area contributed by atoms with Crippen LogP contribution in [0.5, 0.6) is 0 Å². The summed E-state index contributed by atoms with van der Waals surface area (Å²) < 4.78 is 0. The molecule has 0 radical (unpaired) electrons. The quantitative estimate of drug-likeness (QED) is 0.539. The van der Waals surface area contributed by atoms with Crippen molar-refractivity contribution in [3.05, 3.63) is 35.6 Å². The summed E-state index contributed by atoms with van der Waals surface area (Å²) >= 11 is 3.34. The van der Waals surface area contributed by atoms with Gasteiger partial charge in [0, 0.05) is 17.2 Å². The second-order valence-electron chi connectivity index (χ2n) is 3.02. The van der Waals surface area contributed by atoms with E-state index in [0.29, 0.717) is 0 Å². The molecule has 4 heteroatoms. The number of alkyl halides is 1. The third-order valence-corrected chi connectivity index (χ3v) is 2.50. The summed E-state index contributed by atoms with van der Waals surface area (Å²) in [7, 11) is 0. The van der Waals surface area contributed by atoms with Crippen molar-refractivity contribution < 1.29 is 5.11 Å². The largest absolute Gasteiger partial charge is 0.513 e. The molecule has 0 saturated carbocycles. The maximum Gasteiger partial charge on any atom is 0.105 e. The van der Waals surface area contributed by atoms with Gasteiger partial charge in [-0.2, -0.15) is 0 Å². The zero-order valence-electron chi connectivity index (χ0n) is 8.18. The van der Waals surface area contributed by atoms with Crippen molar-refractivity contribution in [3.8, 4) is 0 Å². The highest BCUT2D eigenvalue weighted by atomic mass is 79.9. The maximum absolute atomic E-state index is 9.03. The Morgan fingerprint density at radius 2 is 2.29 bits per heavy atom. The van der Waals surface area contributed by atoms with Crippen molar-refractivity contribution >= 4 is 15.9 Å². The highest BCUT2D eigenvalue weighted by Gasteiger charge is 2.10. The zero-order chi connectivity index (χ0) is 10.4.